The molecule has 158 valence electrons. The predicted molar refractivity (Wildman–Crippen MR) is 133 cm³/mol. The molecule has 0 atom stereocenters. The Kier molecular flexibility index (Phi) is 7.69. The molecule has 0 aliphatic heterocycles. The number of halogens is 1. The monoisotopic (exact) mass is 485 g/mol. The summed E-state index contributed by atoms with van der Waals surface area (Å²) in [6, 6.07) is 32.5. The number of benzene rings is 3. The van der Waals surface area contributed by atoms with E-state index in [1.165, 1.54) is 15.9 Å². The van der Waals surface area contributed by atoms with E-state index in [1.54, 1.807) is 0 Å². The third kappa shape index (κ3) is 4.77. The van der Waals surface area contributed by atoms with E-state index in [0.717, 1.165) is 31.8 Å². The Balaban J connectivity index is 1.95. The van der Waals surface area contributed by atoms with Crippen LogP contribution in [-0.4, -0.2) is 23.9 Å². The van der Waals surface area contributed by atoms with Crippen molar-refractivity contribution in [2.45, 2.75) is 25.7 Å². The summed E-state index contributed by atoms with van der Waals surface area (Å²) in [7, 11) is 0. The maximum atomic E-state index is 10.6. The fraction of sp³-hybridized carbons (Fsp3) is 0.240. The SMILES string of the molecule is O=C(O)NCCCCCCP(Br)(c1ccccc1)(c1ccccc1)c1ccccc1. The van der Waals surface area contributed by atoms with Crippen molar-refractivity contribution in [3.63, 3.8) is 0 Å². The molecule has 0 saturated carbocycles. The molecule has 0 aromatic heterocycles. The van der Waals surface area contributed by atoms with Crippen LogP contribution in [0.5, 0.6) is 0 Å². The van der Waals surface area contributed by atoms with Gasteiger partial charge in [-0.05, 0) is 0 Å². The van der Waals surface area contributed by atoms with Gasteiger partial charge in [-0.2, -0.15) is 0 Å². The van der Waals surface area contributed by atoms with E-state index in [1.807, 2.05) is 0 Å². The number of hydrogen-bond donors (Lipinski definition) is 2. The summed E-state index contributed by atoms with van der Waals surface area (Å²) in [6.45, 7) is 0.517. The van der Waals surface area contributed by atoms with E-state index >= 15 is 0 Å². The van der Waals surface area contributed by atoms with Crippen LogP contribution in [-0.2, 0) is 0 Å². The van der Waals surface area contributed by atoms with E-state index < -0.39 is 11.4 Å². The van der Waals surface area contributed by atoms with Crippen LogP contribution in [0, 0.1) is 0 Å². The zero-order chi connectivity index (χ0) is 21.3. The molecule has 0 saturated heterocycles. The third-order valence-corrected chi connectivity index (χ3v) is 15.7. The molecule has 0 aliphatic carbocycles. The molecule has 0 bridgehead atoms. The number of carboxylic acid groups (broad SMARTS) is 1. The second-order valence-corrected chi connectivity index (χ2v) is 16.6. The van der Waals surface area contributed by atoms with E-state index in [-0.39, 0.29) is 0 Å². The first-order chi connectivity index (χ1) is 14.6. The van der Waals surface area contributed by atoms with Gasteiger partial charge in [0.15, 0.2) is 0 Å². The second-order valence-electron chi connectivity index (χ2n) is 7.56. The zero-order valence-electron chi connectivity index (χ0n) is 17.1. The third-order valence-electron chi connectivity index (χ3n) is 5.66. The van der Waals surface area contributed by atoms with Crippen molar-refractivity contribution in [3.8, 4) is 0 Å². The standard InChI is InChI=1S/C25H29BrNO2P/c26-30(22-14-6-3-7-15-22,23-16-8-4-9-17-23,24-18-10-5-11-19-24)21-13-2-1-12-20-27-25(28)29/h3-11,14-19,27H,1-2,12-13,20-21H2,(H,28,29). The Morgan fingerprint density at radius 2 is 1.10 bits per heavy atom. The van der Waals surface area contributed by atoms with Crippen LogP contribution in [0.1, 0.15) is 25.7 Å². The Hall–Kier alpha value is -2.16. The average Bonchev–Trinajstić information content (AvgIpc) is 2.80. The van der Waals surface area contributed by atoms with E-state index in [0.29, 0.717) is 6.54 Å². The average molecular weight is 486 g/mol. The summed E-state index contributed by atoms with van der Waals surface area (Å²) < 4.78 is 0. The molecule has 0 radical (unpaired) electrons. The van der Waals surface area contributed by atoms with Gasteiger partial charge in [0.05, 0.1) is 0 Å². The van der Waals surface area contributed by atoms with Gasteiger partial charge in [-0.1, -0.05) is 0 Å². The summed E-state index contributed by atoms with van der Waals surface area (Å²) in [5.41, 5.74) is 0. The minimum atomic E-state index is -2.82. The van der Waals surface area contributed by atoms with Crippen molar-refractivity contribution < 1.29 is 9.90 Å². The first kappa shape index (κ1) is 22.5. The molecular formula is C25H29BrNO2P. The quantitative estimate of drug-likeness (QED) is 0.287. The topological polar surface area (TPSA) is 49.3 Å². The number of hydrogen-bond acceptors (Lipinski definition) is 1. The van der Waals surface area contributed by atoms with Gasteiger partial charge in [-0.25, -0.2) is 0 Å². The molecule has 2 N–H and O–H groups in total. The number of unbranched alkanes of at least 4 members (excludes halogenated alkanes) is 3. The summed E-state index contributed by atoms with van der Waals surface area (Å²) >= 11 is 4.46. The first-order valence-corrected chi connectivity index (χ1v) is 14.9. The molecule has 30 heavy (non-hydrogen) atoms. The second kappa shape index (κ2) is 10.2. The van der Waals surface area contributed by atoms with Gasteiger partial charge in [0.25, 0.3) is 0 Å². The molecule has 0 unspecified atom stereocenters. The van der Waals surface area contributed by atoms with E-state index in [9.17, 15) is 4.79 Å². The van der Waals surface area contributed by atoms with Gasteiger partial charge in [0, 0.05) is 0 Å². The van der Waals surface area contributed by atoms with Crippen LogP contribution in [0.3, 0.4) is 0 Å². The molecule has 3 aromatic rings. The maximum absolute atomic E-state index is 10.6. The Bertz CT molecular complexity index is 836. The van der Waals surface area contributed by atoms with Crippen molar-refractivity contribution >= 4 is 42.8 Å². The summed E-state index contributed by atoms with van der Waals surface area (Å²) in [4.78, 5) is 10.6. The van der Waals surface area contributed by atoms with Gasteiger partial charge in [-0.15, -0.1) is 0 Å². The summed E-state index contributed by atoms with van der Waals surface area (Å²) in [5.74, 6) is 0. The Morgan fingerprint density at radius 3 is 1.50 bits per heavy atom. The van der Waals surface area contributed by atoms with Crippen molar-refractivity contribution in [2.24, 2.45) is 0 Å². The van der Waals surface area contributed by atoms with Crippen LogP contribution < -0.4 is 21.2 Å². The van der Waals surface area contributed by atoms with Crippen molar-refractivity contribution in [1.29, 1.82) is 0 Å². The molecule has 3 rings (SSSR count). The molecule has 3 nitrogen and oxygen atoms in total. The van der Waals surface area contributed by atoms with E-state index in [2.05, 4.69) is 112 Å². The first-order valence-electron chi connectivity index (χ1n) is 10.4. The molecule has 5 heteroatoms. The van der Waals surface area contributed by atoms with Gasteiger partial charge < -0.3 is 0 Å². The normalized spacial score (nSPS) is 12.6. The van der Waals surface area contributed by atoms with Gasteiger partial charge in [-0.3, -0.25) is 0 Å². The number of amides is 1. The van der Waals surface area contributed by atoms with Gasteiger partial charge in [0.1, 0.15) is 0 Å². The molecule has 0 fully saturated rings. The van der Waals surface area contributed by atoms with Crippen LogP contribution in [0.25, 0.3) is 0 Å². The van der Waals surface area contributed by atoms with Gasteiger partial charge in [0.2, 0.25) is 0 Å². The number of carbonyl (C=O) groups is 1. The Labute approximate surface area is 187 Å². The molecular weight excluding hydrogens is 457 g/mol. The molecule has 0 heterocycles. The molecule has 1 amide bonds. The molecule has 0 spiro atoms. The molecule has 0 aliphatic rings. The molecule has 3 aromatic carbocycles. The Morgan fingerprint density at radius 1 is 0.700 bits per heavy atom. The van der Waals surface area contributed by atoms with Crippen molar-refractivity contribution in [1.82, 2.24) is 5.32 Å². The summed E-state index contributed by atoms with van der Waals surface area (Å²) in [5, 5.41) is 12.4. The predicted octanol–water partition coefficient (Wildman–Crippen LogP) is 5.65. The fourth-order valence-corrected chi connectivity index (χ4v) is 11.9. The summed E-state index contributed by atoms with van der Waals surface area (Å²) in [6.07, 6.45) is 4.09. The van der Waals surface area contributed by atoms with Gasteiger partial charge >= 0.3 is 187 Å². The van der Waals surface area contributed by atoms with Crippen molar-refractivity contribution in [3.05, 3.63) is 91.0 Å². The van der Waals surface area contributed by atoms with Crippen LogP contribution in [0.2, 0.25) is 0 Å². The fourth-order valence-electron chi connectivity index (χ4n) is 4.13. The van der Waals surface area contributed by atoms with Crippen molar-refractivity contribution in [2.75, 3.05) is 12.7 Å². The number of nitrogens with one attached hydrogen (secondary N) is 1. The number of rotatable bonds is 10. The van der Waals surface area contributed by atoms with Crippen LogP contribution >= 0.6 is 20.8 Å². The zero-order valence-corrected chi connectivity index (χ0v) is 19.6. The van der Waals surface area contributed by atoms with E-state index in [4.69, 9.17) is 5.11 Å². The van der Waals surface area contributed by atoms with Crippen LogP contribution in [0.15, 0.2) is 91.0 Å². The van der Waals surface area contributed by atoms with Crippen LogP contribution in [0.4, 0.5) is 4.79 Å². The minimum absolute atomic E-state index is 0.517.